The van der Waals surface area contributed by atoms with Crippen molar-refractivity contribution in [2.45, 2.75) is 26.0 Å². The van der Waals surface area contributed by atoms with Gasteiger partial charge in [0.15, 0.2) is 0 Å². The second-order valence-electron chi connectivity index (χ2n) is 5.55. The maximum Gasteiger partial charge on any atom is 0.137 e. The lowest BCUT2D eigenvalue weighted by molar-refractivity contribution is 0.0811. The highest BCUT2D eigenvalue weighted by molar-refractivity contribution is 5.63. The van der Waals surface area contributed by atoms with E-state index in [0.29, 0.717) is 0 Å². The highest BCUT2D eigenvalue weighted by Crippen LogP contribution is 2.23. The molecule has 2 rings (SSSR count). The number of ether oxygens (including phenoxy) is 1. The zero-order chi connectivity index (χ0) is 15.2. The molecule has 21 heavy (non-hydrogen) atoms. The number of aliphatic hydroxyl groups is 1. The number of hydrogen-bond donors (Lipinski definition) is 2. The number of hydrogen-bond acceptors (Lipinski definition) is 3. The van der Waals surface area contributed by atoms with Crippen LogP contribution in [0.2, 0.25) is 0 Å². The van der Waals surface area contributed by atoms with Crippen LogP contribution in [0.25, 0.3) is 11.1 Å². The summed E-state index contributed by atoms with van der Waals surface area (Å²) in [7, 11) is 0. The van der Waals surface area contributed by atoms with Gasteiger partial charge in [-0.2, -0.15) is 0 Å². The molecule has 0 saturated carbocycles. The Hall–Kier alpha value is -1.84. The van der Waals surface area contributed by atoms with Crippen molar-refractivity contribution in [2.75, 3.05) is 6.61 Å². The van der Waals surface area contributed by atoms with Gasteiger partial charge in [-0.15, -0.1) is 0 Å². The molecule has 0 spiro atoms. The van der Waals surface area contributed by atoms with E-state index < -0.39 is 0 Å². The molecule has 0 aromatic heterocycles. The Bertz CT molecular complexity index is 537. The summed E-state index contributed by atoms with van der Waals surface area (Å²) in [5, 5.41) is 9.43. The highest BCUT2D eigenvalue weighted by Gasteiger charge is 2.21. The first-order chi connectivity index (χ1) is 10.1. The van der Waals surface area contributed by atoms with Crippen LogP contribution in [0, 0.1) is 5.92 Å². The summed E-state index contributed by atoms with van der Waals surface area (Å²) in [4.78, 5) is 0. The number of benzene rings is 2. The molecule has 0 fully saturated rings. The highest BCUT2D eigenvalue weighted by atomic mass is 16.5. The monoisotopic (exact) mass is 285 g/mol. The average molecular weight is 285 g/mol. The molecule has 2 atom stereocenters. The molecule has 2 aromatic carbocycles. The summed E-state index contributed by atoms with van der Waals surface area (Å²) < 4.78 is 5.80. The van der Waals surface area contributed by atoms with E-state index in [9.17, 15) is 5.11 Å². The minimum atomic E-state index is -0.382. The first-order valence-electron chi connectivity index (χ1n) is 7.30. The molecule has 0 aliphatic rings. The van der Waals surface area contributed by atoms with E-state index in [1.165, 1.54) is 5.56 Å². The summed E-state index contributed by atoms with van der Waals surface area (Å²) in [6.45, 7) is 3.96. The molecule has 0 amide bonds. The smallest absolute Gasteiger partial charge is 0.137 e. The number of aliphatic hydroxyl groups excluding tert-OH is 1. The van der Waals surface area contributed by atoms with E-state index in [-0.39, 0.29) is 24.7 Å². The summed E-state index contributed by atoms with van der Waals surface area (Å²) in [5.74, 6) is 0.982. The van der Waals surface area contributed by atoms with Crippen molar-refractivity contribution < 1.29 is 9.84 Å². The van der Waals surface area contributed by atoms with Crippen LogP contribution in [0.1, 0.15) is 13.8 Å². The fraction of sp³-hybridized carbons (Fsp3) is 0.333. The molecule has 0 bridgehead atoms. The van der Waals surface area contributed by atoms with Crippen LogP contribution in [-0.4, -0.2) is 23.9 Å². The summed E-state index contributed by atoms with van der Waals surface area (Å²) in [6, 6.07) is 17.8. The van der Waals surface area contributed by atoms with Crippen molar-refractivity contribution in [3.05, 3.63) is 54.6 Å². The van der Waals surface area contributed by atoms with Crippen LogP contribution in [0.5, 0.6) is 5.75 Å². The third-order valence-corrected chi connectivity index (χ3v) is 3.63. The van der Waals surface area contributed by atoms with Crippen molar-refractivity contribution in [2.24, 2.45) is 11.7 Å². The molecule has 0 aliphatic heterocycles. The van der Waals surface area contributed by atoms with Gasteiger partial charge in [0.25, 0.3) is 0 Å². The summed E-state index contributed by atoms with van der Waals surface area (Å²) in [6.07, 6.45) is -0.382. The molecular weight excluding hydrogens is 262 g/mol. The Balaban J connectivity index is 2.09. The molecule has 0 aliphatic carbocycles. The molecule has 3 nitrogen and oxygen atoms in total. The van der Waals surface area contributed by atoms with Gasteiger partial charge >= 0.3 is 0 Å². The number of nitrogens with two attached hydrogens (primary N) is 1. The maximum absolute atomic E-state index is 9.43. The van der Waals surface area contributed by atoms with Crippen LogP contribution < -0.4 is 10.5 Å². The zero-order valence-electron chi connectivity index (χ0n) is 12.6. The third kappa shape index (κ3) is 4.06. The van der Waals surface area contributed by atoms with E-state index in [2.05, 4.69) is 12.1 Å². The summed E-state index contributed by atoms with van der Waals surface area (Å²) in [5.41, 5.74) is 8.36. The summed E-state index contributed by atoms with van der Waals surface area (Å²) >= 11 is 0. The Kier molecular flexibility index (Phi) is 5.37. The lowest BCUT2D eigenvalue weighted by atomic mass is 10.00. The molecule has 0 heterocycles. The zero-order valence-corrected chi connectivity index (χ0v) is 12.6. The lowest BCUT2D eigenvalue weighted by Crippen LogP contribution is -2.45. The van der Waals surface area contributed by atoms with E-state index in [1.807, 2.05) is 56.3 Å². The van der Waals surface area contributed by atoms with Crippen LogP contribution in [-0.2, 0) is 0 Å². The van der Waals surface area contributed by atoms with Crippen LogP contribution in [0.15, 0.2) is 54.6 Å². The predicted molar refractivity (Wildman–Crippen MR) is 86.2 cm³/mol. The molecular formula is C18H23NO2. The van der Waals surface area contributed by atoms with Gasteiger partial charge < -0.3 is 15.6 Å². The van der Waals surface area contributed by atoms with E-state index >= 15 is 0 Å². The Labute approximate surface area is 126 Å². The maximum atomic E-state index is 9.43. The van der Waals surface area contributed by atoms with Crippen molar-refractivity contribution in [3.8, 4) is 16.9 Å². The second-order valence-corrected chi connectivity index (χ2v) is 5.55. The van der Waals surface area contributed by atoms with Gasteiger partial charge in [-0.25, -0.2) is 0 Å². The second kappa shape index (κ2) is 7.25. The van der Waals surface area contributed by atoms with Crippen molar-refractivity contribution >= 4 is 0 Å². The fourth-order valence-corrected chi connectivity index (χ4v) is 2.20. The minimum absolute atomic E-state index is 0.0835. The first-order valence-corrected chi connectivity index (χ1v) is 7.30. The van der Waals surface area contributed by atoms with Gasteiger partial charge in [0.1, 0.15) is 11.9 Å². The van der Waals surface area contributed by atoms with Gasteiger partial charge in [-0.3, -0.25) is 0 Å². The normalized spacial score (nSPS) is 14.0. The van der Waals surface area contributed by atoms with Gasteiger partial charge in [-0.05, 0) is 29.2 Å². The Morgan fingerprint density at radius 2 is 1.52 bits per heavy atom. The quantitative estimate of drug-likeness (QED) is 0.857. The molecule has 2 aromatic rings. The molecule has 3 heteroatoms. The van der Waals surface area contributed by atoms with Crippen molar-refractivity contribution in [3.63, 3.8) is 0 Å². The molecule has 0 radical (unpaired) electrons. The Morgan fingerprint density at radius 1 is 0.952 bits per heavy atom. The van der Waals surface area contributed by atoms with Crippen LogP contribution in [0.3, 0.4) is 0 Å². The SMILES string of the molecule is CC(C)C(N)C(CO)Oc1ccc(-c2ccccc2)cc1. The van der Waals surface area contributed by atoms with Crippen molar-refractivity contribution in [1.82, 2.24) is 0 Å². The molecule has 3 N–H and O–H groups in total. The fourth-order valence-electron chi connectivity index (χ4n) is 2.20. The van der Waals surface area contributed by atoms with Gasteiger partial charge in [0.2, 0.25) is 0 Å². The number of rotatable bonds is 6. The third-order valence-electron chi connectivity index (χ3n) is 3.63. The minimum Gasteiger partial charge on any atom is -0.486 e. The van der Waals surface area contributed by atoms with E-state index in [0.717, 1.165) is 11.3 Å². The van der Waals surface area contributed by atoms with Gasteiger partial charge in [0.05, 0.1) is 6.61 Å². The van der Waals surface area contributed by atoms with Crippen LogP contribution in [0.4, 0.5) is 0 Å². The Morgan fingerprint density at radius 3 is 2.05 bits per heavy atom. The molecule has 112 valence electrons. The van der Waals surface area contributed by atoms with E-state index in [1.54, 1.807) is 0 Å². The standard InChI is InChI=1S/C18H23NO2/c1-13(2)18(19)17(12-20)21-16-10-8-15(9-11-16)14-6-4-3-5-7-14/h3-11,13,17-18,20H,12,19H2,1-2H3. The lowest BCUT2D eigenvalue weighted by Gasteiger charge is -2.26. The first kappa shape index (κ1) is 15.5. The van der Waals surface area contributed by atoms with Gasteiger partial charge in [-0.1, -0.05) is 56.3 Å². The van der Waals surface area contributed by atoms with Crippen molar-refractivity contribution in [1.29, 1.82) is 0 Å². The largest absolute Gasteiger partial charge is 0.486 e. The molecule has 0 saturated heterocycles. The topological polar surface area (TPSA) is 55.5 Å². The average Bonchev–Trinajstić information content (AvgIpc) is 2.53. The molecule has 2 unspecified atom stereocenters. The van der Waals surface area contributed by atoms with E-state index in [4.69, 9.17) is 10.5 Å². The van der Waals surface area contributed by atoms with Gasteiger partial charge in [0, 0.05) is 6.04 Å². The van der Waals surface area contributed by atoms with Crippen LogP contribution >= 0.6 is 0 Å². The predicted octanol–water partition coefficient (Wildman–Crippen LogP) is 3.08.